The fourth-order valence-corrected chi connectivity index (χ4v) is 2.40. The molecular formula is C12H15ClN2O4. The summed E-state index contributed by atoms with van der Waals surface area (Å²) < 4.78 is 5.67. The molecule has 1 aliphatic rings. The highest BCUT2D eigenvalue weighted by Gasteiger charge is 2.23. The predicted molar refractivity (Wildman–Crippen MR) is 69.4 cm³/mol. The molecule has 7 heteroatoms. The van der Waals surface area contributed by atoms with Crippen LogP contribution >= 0.6 is 11.6 Å². The fraction of sp³-hybridized carbons (Fsp3) is 0.583. The quantitative estimate of drug-likeness (QED) is 0.679. The van der Waals surface area contributed by atoms with Gasteiger partial charge in [-0.1, -0.05) is 11.6 Å². The molecule has 0 spiro atoms. The molecule has 0 radical (unpaired) electrons. The summed E-state index contributed by atoms with van der Waals surface area (Å²) in [6, 6.07) is 1.24. The molecule has 1 N–H and O–H groups in total. The van der Waals surface area contributed by atoms with Crippen molar-refractivity contribution in [1.29, 1.82) is 0 Å². The Hall–Kier alpha value is -1.40. The Morgan fingerprint density at radius 2 is 2.16 bits per heavy atom. The van der Waals surface area contributed by atoms with E-state index >= 15 is 0 Å². The number of hydrogen-bond acceptors (Lipinski definition) is 5. The molecule has 1 saturated carbocycles. The SMILES string of the molecule is O=[N+]([O-])c1cnc(OC2CCC(CO)CC2)c(Cl)c1. The van der Waals surface area contributed by atoms with Crippen LogP contribution < -0.4 is 4.74 Å². The highest BCUT2D eigenvalue weighted by Crippen LogP contribution is 2.31. The van der Waals surface area contributed by atoms with Gasteiger partial charge in [0.15, 0.2) is 0 Å². The summed E-state index contributed by atoms with van der Waals surface area (Å²) in [5.74, 6) is 0.583. The summed E-state index contributed by atoms with van der Waals surface area (Å²) in [7, 11) is 0. The van der Waals surface area contributed by atoms with Gasteiger partial charge in [-0.15, -0.1) is 0 Å². The number of pyridine rings is 1. The van der Waals surface area contributed by atoms with Crippen molar-refractivity contribution in [2.45, 2.75) is 31.8 Å². The van der Waals surface area contributed by atoms with Crippen molar-refractivity contribution in [1.82, 2.24) is 4.98 Å². The Labute approximate surface area is 115 Å². The first-order chi connectivity index (χ1) is 9.10. The largest absolute Gasteiger partial charge is 0.473 e. The Kier molecular flexibility index (Phi) is 4.55. The minimum atomic E-state index is -0.547. The molecule has 2 rings (SSSR count). The summed E-state index contributed by atoms with van der Waals surface area (Å²) in [5, 5.41) is 19.8. The maximum Gasteiger partial charge on any atom is 0.289 e. The number of halogens is 1. The second-order valence-corrected chi connectivity index (χ2v) is 5.09. The van der Waals surface area contributed by atoms with E-state index in [0.29, 0.717) is 5.92 Å². The highest BCUT2D eigenvalue weighted by molar-refractivity contribution is 6.32. The standard InChI is InChI=1S/C12H15ClN2O4/c13-11-5-9(15(17)18)6-14-12(11)19-10-3-1-8(7-16)2-4-10/h5-6,8,10,16H,1-4,7H2. The van der Waals surface area contributed by atoms with Crippen molar-refractivity contribution in [3.63, 3.8) is 0 Å². The third kappa shape index (κ3) is 3.54. The van der Waals surface area contributed by atoms with E-state index in [1.54, 1.807) is 0 Å². The second-order valence-electron chi connectivity index (χ2n) is 4.68. The summed E-state index contributed by atoms with van der Waals surface area (Å²) in [4.78, 5) is 13.9. The van der Waals surface area contributed by atoms with E-state index in [2.05, 4.69) is 4.98 Å². The van der Waals surface area contributed by atoms with E-state index in [9.17, 15) is 10.1 Å². The van der Waals surface area contributed by atoms with Crippen LogP contribution in [0.25, 0.3) is 0 Å². The van der Waals surface area contributed by atoms with Crippen LogP contribution in [0.1, 0.15) is 25.7 Å². The van der Waals surface area contributed by atoms with Crippen LogP contribution in [-0.2, 0) is 0 Å². The molecule has 1 fully saturated rings. The predicted octanol–water partition coefficient (Wildman–Crippen LogP) is 2.57. The zero-order valence-corrected chi connectivity index (χ0v) is 11.0. The first-order valence-electron chi connectivity index (χ1n) is 6.17. The van der Waals surface area contributed by atoms with Crippen LogP contribution in [0.5, 0.6) is 5.88 Å². The molecule has 1 heterocycles. The third-order valence-corrected chi connectivity index (χ3v) is 3.60. The molecule has 0 unspecified atom stereocenters. The molecule has 0 amide bonds. The number of nitrogens with zero attached hydrogens (tertiary/aromatic N) is 2. The lowest BCUT2D eigenvalue weighted by Gasteiger charge is -2.27. The average Bonchev–Trinajstić information content (AvgIpc) is 2.41. The topological polar surface area (TPSA) is 85.5 Å². The number of aliphatic hydroxyl groups is 1. The van der Waals surface area contributed by atoms with Crippen molar-refractivity contribution in [2.24, 2.45) is 5.92 Å². The molecule has 0 atom stereocenters. The Morgan fingerprint density at radius 3 is 2.68 bits per heavy atom. The van der Waals surface area contributed by atoms with E-state index in [4.69, 9.17) is 21.4 Å². The zero-order valence-electron chi connectivity index (χ0n) is 10.3. The average molecular weight is 287 g/mol. The van der Waals surface area contributed by atoms with E-state index in [-0.39, 0.29) is 29.3 Å². The van der Waals surface area contributed by atoms with Crippen molar-refractivity contribution in [3.8, 4) is 5.88 Å². The van der Waals surface area contributed by atoms with Crippen LogP contribution in [0.4, 0.5) is 5.69 Å². The molecule has 1 aliphatic carbocycles. The summed E-state index contributed by atoms with van der Waals surface area (Å²) >= 11 is 5.92. The molecule has 1 aromatic heterocycles. The smallest absolute Gasteiger partial charge is 0.289 e. The Balaban J connectivity index is 1.98. The maximum atomic E-state index is 10.6. The zero-order chi connectivity index (χ0) is 13.8. The van der Waals surface area contributed by atoms with Crippen LogP contribution in [0.3, 0.4) is 0 Å². The number of ether oxygens (including phenoxy) is 1. The van der Waals surface area contributed by atoms with E-state index in [1.165, 1.54) is 6.07 Å². The van der Waals surface area contributed by atoms with E-state index in [0.717, 1.165) is 31.9 Å². The lowest BCUT2D eigenvalue weighted by Crippen LogP contribution is -2.25. The molecule has 0 aromatic carbocycles. The molecular weight excluding hydrogens is 272 g/mol. The van der Waals surface area contributed by atoms with Gasteiger partial charge in [-0.05, 0) is 31.6 Å². The monoisotopic (exact) mass is 286 g/mol. The van der Waals surface area contributed by atoms with Crippen LogP contribution in [0, 0.1) is 16.0 Å². The maximum absolute atomic E-state index is 10.6. The molecule has 0 aliphatic heterocycles. The van der Waals surface area contributed by atoms with Crippen molar-refractivity contribution < 1.29 is 14.8 Å². The van der Waals surface area contributed by atoms with Gasteiger partial charge in [0, 0.05) is 12.7 Å². The van der Waals surface area contributed by atoms with Gasteiger partial charge < -0.3 is 9.84 Å². The van der Waals surface area contributed by atoms with Gasteiger partial charge >= 0.3 is 0 Å². The molecule has 0 bridgehead atoms. The van der Waals surface area contributed by atoms with Gasteiger partial charge in [0.1, 0.15) is 17.3 Å². The van der Waals surface area contributed by atoms with Crippen LogP contribution in [0.15, 0.2) is 12.3 Å². The number of hydrogen-bond donors (Lipinski definition) is 1. The highest BCUT2D eigenvalue weighted by atomic mass is 35.5. The molecule has 19 heavy (non-hydrogen) atoms. The van der Waals surface area contributed by atoms with Gasteiger partial charge in [0.25, 0.3) is 5.69 Å². The first-order valence-corrected chi connectivity index (χ1v) is 6.55. The number of aliphatic hydroxyl groups excluding tert-OH is 1. The number of nitro groups is 1. The van der Waals surface area contributed by atoms with Crippen LogP contribution in [-0.4, -0.2) is 27.7 Å². The van der Waals surface area contributed by atoms with Crippen molar-refractivity contribution >= 4 is 17.3 Å². The van der Waals surface area contributed by atoms with Crippen LogP contribution in [0.2, 0.25) is 5.02 Å². The second kappa shape index (κ2) is 6.16. The minimum absolute atomic E-state index is 0.00857. The third-order valence-electron chi connectivity index (χ3n) is 3.33. The number of rotatable bonds is 4. The number of aromatic nitrogens is 1. The fourth-order valence-electron chi connectivity index (χ4n) is 2.19. The van der Waals surface area contributed by atoms with Gasteiger partial charge in [0.2, 0.25) is 5.88 Å². The minimum Gasteiger partial charge on any atom is -0.473 e. The van der Waals surface area contributed by atoms with Gasteiger partial charge in [-0.25, -0.2) is 4.98 Å². The summed E-state index contributed by atoms with van der Waals surface area (Å²) in [5.41, 5.74) is -0.152. The molecule has 6 nitrogen and oxygen atoms in total. The van der Waals surface area contributed by atoms with Gasteiger partial charge in [0.05, 0.1) is 4.92 Å². The van der Waals surface area contributed by atoms with Crippen molar-refractivity contribution in [2.75, 3.05) is 6.61 Å². The molecule has 1 aromatic rings. The van der Waals surface area contributed by atoms with Crippen molar-refractivity contribution in [3.05, 3.63) is 27.4 Å². The van der Waals surface area contributed by atoms with E-state index in [1.807, 2.05) is 0 Å². The first kappa shape index (κ1) is 14.0. The summed E-state index contributed by atoms with van der Waals surface area (Å²) in [6.45, 7) is 0.212. The Bertz CT molecular complexity index is 461. The van der Waals surface area contributed by atoms with Gasteiger partial charge in [-0.2, -0.15) is 0 Å². The molecule has 0 saturated heterocycles. The molecule has 104 valence electrons. The summed E-state index contributed by atoms with van der Waals surface area (Å²) in [6.07, 6.45) is 4.63. The van der Waals surface area contributed by atoms with E-state index < -0.39 is 4.92 Å². The van der Waals surface area contributed by atoms with Gasteiger partial charge in [-0.3, -0.25) is 10.1 Å². The lowest BCUT2D eigenvalue weighted by atomic mass is 9.88. The lowest BCUT2D eigenvalue weighted by molar-refractivity contribution is -0.385. The Morgan fingerprint density at radius 1 is 1.47 bits per heavy atom. The normalized spacial score (nSPS) is 23.1.